The predicted molar refractivity (Wildman–Crippen MR) is 213 cm³/mol. The van der Waals surface area contributed by atoms with Crippen molar-refractivity contribution in [3.05, 3.63) is 83.4 Å². The lowest BCUT2D eigenvalue weighted by Crippen LogP contribution is -2.16. The first-order valence-electron chi connectivity index (χ1n) is 15.8. The minimum absolute atomic E-state index is 0.0253. The normalized spacial score (nSPS) is 14.5. The summed E-state index contributed by atoms with van der Waals surface area (Å²) < 4.78 is 259. The molecule has 0 saturated carbocycles. The van der Waals surface area contributed by atoms with Crippen LogP contribution in [0.4, 0.5) is 0 Å². The van der Waals surface area contributed by atoms with Crippen LogP contribution in [-0.2, 0) is 71.0 Å². The quantitative estimate of drug-likeness (QED) is 0.101. The van der Waals surface area contributed by atoms with Crippen molar-refractivity contribution in [1.82, 2.24) is 18.9 Å². The first kappa shape index (κ1) is 44.7. The topological polar surface area (TPSA) is 427 Å². The maximum absolute atomic E-state index is 13.7. The average Bonchev–Trinajstić information content (AvgIpc) is 3.87. The Balaban J connectivity index is 2.07. The highest BCUT2D eigenvalue weighted by Gasteiger charge is 2.46. The summed E-state index contributed by atoms with van der Waals surface area (Å²) in [6.45, 7) is 0. The molecule has 2 aliphatic heterocycles. The fourth-order valence-corrected chi connectivity index (χ4v) is 13.3. The molecule has 2 aliphatic rings. The third-order valence-corrected chi connectivity index (χ3v) is 15.2. The fraction of sp³-hybridized carbons (Fsp3) is 0. The van der Waals surface area contributed by atoms with Gasteiger partial charge in [0.2, 0.25) is 0 Å². The van der Waals surface area contributed by atoms with Crippen molar-refractivity contribution in [2.75, 3.05) is 0 Å². The monoisotopic (exact) mass is 996 g/mol. The SMILES string of the molecule is O=S(=O)(O)C1=C(S(=O)(=O)O)c2nc1c(S(=O)(=O)O)c1[nH]c(cc3nc(cc4c(-c5cccc6ccccc56)c(S(=O)(=O)O)c(c2S(=O)(=O)O)n4S(=O)(=O)O)C=C3)cc1S(=O)(=O)O. The van der Waals surface area contributed by atoms with Crippen LogP contribution in [0.15, 0.2) is 80.2 Å². The van der Waals surface area contributed by atoms with Gasteiger partial charge in [-0.25, -0.2) is 13.9 Å². The summed E-state index contributed by atoms with van der Waals surface area (Å²) in [7, 11) is -44.9. The first-order chi connectivity index (χ1) is 28.2. The van der Waals surface area contributed by atoms with E-state index < -0.39 is 155 Å². The van der Waals surface area contributed by atoms with E-state index in [2.05, 4.69) is 15.0 Å². The van der Waals surface area contributed by atoms with Crippen LogP contribution in [0.1, 0.15) is 22.8 Å². The van der Waals surface area contributed by atoms with E-state index in [0.29, 0.717) is 12.1 Å². The van der Waals surface area contributed by atoms with Crippen LogP contribution < -0.4 is 0 Å². The Morgan fingerprint density at radius 2 is 1.03 bits per heavy atom. The fourth-order valence-electron chi connectivity index (χ4n) is 6.77. The molecule has 0 radical (unpaired) electrons. The molecule has 62 heavy (non-hydrogen) atoms. The van der Waals surface area contributed by atoms with Gasteiger partial charge in [0.1, 0.15) is 46.3 Å². The first-order valence-corrected chi connectivity index (χ1v) is 25.9. The number of aromatic nitrogens is 4. The Labute approximate surface area is 347 Å². The van der Waals surface area contributed by atoms with Crippen molar-refractivity contribution in [3.8, 4) is 11.1 Å². The molecule has 32 heteroatoms. The van der Waals surface area contributed by atoms with Gasteiger partial charge in [-0.1, -0.05) is 42.5 Å². The molecule has 0 fully saturated rings. The van der Waals surface area contributed by atoms with E-state index in [0.717, 1.165) is 24.3 Å². The lowest BCUT2D eigenvalue weighted by atomic mass is 9.99. The Morgan fingerprint density at radius 1 is 0.516 bits per heavy atom. The summed E-state index contributed by atoms with van der Waals surface area (Å²) in [5.41, 5.74) is -12.8. The van der Waals surface area contributed by atoms with E-state index in [-0.39, 0.29) is 16.5 Å². The Hall–Kier alpha value is -5.33. The van der Waals surface area contributed by atoms with Gasteiger partial charge < -0.3 is 4.98 Å². The number of nitrogens with one attached hydrogen (secondary N) is 1. The Kier molecular flexibility index (Phi) is 10.2. The van der Waals surface area contributed by atoms with Gasteiger partial charge in [-0.05, 0) is 46.7 Å². The lowest BCUT2D eigenvalue weighted by molar-refractivity contribution is 0.473. The van der Waals surface area contributed by atoms with Gasteiger partial charge in [-0.2, -0.15) is 58.9 Å². The van der Waals surface area contributed by atoms with Gasteiger partial charge in [-0.15, -0.1) is 0 Å². The second-order valence-corrected chi connectivity index (χ2v) is 22.2. The number of H-pyrrole nitrogens is 1. The molecule has 8 N–H and O–H groups in total. The minimum Gasteiger partial charge on any atom is -0.353 e. The highest BCUT2D eigenvalue weighted by molar-refractivity contribution is 8.01. The largest absolute Gasteiger partial charge is 0.364 e. The van der Waals surface area contributed by atoms with Crippen molar-refractivity contribution < 1.29 is 90.8 Å². The number of fused-ring (bicyclic) bond motifs is 9. The van der Waals surface area contributed by atoms with E-state index in [1.165, 1.54) is 36.4 Å². The van der Waals surface area contributed by atoms with Crippen LogP contribution in [0.2, 0.25) is 0 Å². The van der Waals surface area contributed by atoms with Crippen molar-refractivity contribution in [2.24, 2.45) is 0 Å². The van der Waals surface area contributed by atoms with Crippen molar-refractivity contribution in [2.45, 2.75) is 19.6 Å². The van der Waals surface area contributed by atoms with Gasteiger partial charge in [0.15, 0.2) is 0 Å². The van der Waals surface area contributed by atoms with Gasteiger partial charge in [0.25, 0.3) is 60.7 Å². The van der Waals surface area contributed by atoms with Crippen molar-refractivity contribution >= 4 is 126 Å². The predicted octanol–water partition coefficient (Wildman–Crippen LogP) is 2.02. The highest BCUT2D eigenvalue weighted by Crippen LogP contribution is 2.48. The molecule has 8 bridgehead atoms. The summed E-state index contributed by atoms with van der Waals surface area (Å²) in [5, 5.41) is 0.207. The molecule has 328 valence electrons. The van der Waals surface area contributed by atoms with Crippen LogP contribution in [0, 0.1) is 0 Å². The Morgan fingerprint density at radius 3 is 1.55 bits per heavy atom. The third kappa shape index (κ3) is 7.74. The molecule has 0 amide bonds. The molecule has 0 atom stereocenters. The molecule has 0 spiro atoms. The summed E-state index contributed by atoms with van der Waals surface area (Å²) in [6.07, 6.45) is 2.10. The Bertz CT molecular complexity index is 3980. The van der Waals surface area contributed by atoms with E-state index in [4.69, 9.17) is 0 Å². The summed E-state index contributed by atoms with van der Waals surface area (Å²) in [5.74, 6) is 0. The molecule has 0 saturated heterocycles. The van der Waals surface area contributed by atoms with Crippen molar-refractivity contribution in [3.63, 3.8) is 0 Å². The molecule has 0 aliphatic carbocycles. The maximum Gasteiger partial charge on any atom is 0.364 e. The number of hydrogen-bond acceptors (Lipinski definition) is 16. The number of nitrogens with zero attached hydrogens (tertiary/aromatic N) is 3. The van der Waals surface area contributed by atoms with Gasteiger partial charge in [-0.3, -0.25) is 31.9 Å². The van der Waals surface area contributed by atoms with Crippen LogP contribution in [-0.4, -0.2) is 110 Å². The molecule has 2 aromatic carbocycles. The second kappa shape index (κ2) is 14.1. The number of hydrogen-bond donors (Lipinski definition) is 8. The molecule has 7 rings (SSSR count). The molecular weight excluding hydrogens is 977 g/mol. The van der Waals surface area contributed by atoms with E-state index in [9.17, 15) is 90.8 Å². The van der Waals surface area contributed by atoms with Gasteiger partial charge >= 0.3 is 10.3 Å². The van der Waals surface area contributed by atoms with Gasteiger partial charge in [0.05, 0.1) is 22.4 Å². The zero-order valence-electron chi connectivity index (χ0n) is 29.5. The zero-order valence-corrected chi connectivity index (χ0v) is 35.2. The molecule has 5 heterocycles. The van der Waals surface area contributed by atoms with Crippen LogP contribution in [0.5, 0.6) is 0 Å². The molecule has 3 aromatic heterocycles. The van der Waals surface area contributed by atoms with E-state index in [1.54, 1.807) is 0 Å². The van der Waals surface area contributed by atoms with E-state index in [1.807, 2.05) is 0 Å². The number of rotatable bonds is 8. The average molecular weight is 997 g/mol. The number of benzene rings is 2. The lowest BCUT2D eigenvalue weighted by Gasteiger charge is -2.09. The molecule has 5 aromatic rings. The second-order valence-electron chi connectivity index (χ2n) is 12.7. The van der Waals surface area contributed by atoms with Gasteiger partial charge in [0, 0.05) is 11.1 Å². The molecular formula is C30H20N4O21S7. The summed E-state index contributed by atoms with van der Waals surface area (Å²) >= 11 is 0. The molecule has 25 nitrogen and oxygen atoms in total. The molecule has 0 unspecified atom stereocenters. The van der Waals surface area contributed by atoms with Crippen LogP contribution >= 0.6 is 0 Å². The number of aromatic amines is 1. The summed E-state index contributed by atoms with van der Waals surface area (Å²) in [6, 6.07) is 11.2. The summed E-state index contributed by atoms with van der Waals surface area (Å²) in [4.78, 5) is -4.30. The van der Waals surface area contributed by atoms with Crippen LogP contribution in [0.3, 0.4) is 0 Å². The van der Waals surface area contributed by atoms with E-state index >= 15 is 0 Å². The third-order valence-electron chi connectivity index (χ3n) is 8.78. The van der Waals surface area contributed by atoms with Crippen molar-refractivity contribution in [1.29, 1.82) is 0 Å². The smallest absolute Gasteiger partial charge is 0.353 e. The minimum atomic E-state index is -6.77. The zero-order chi connectivity index (χ0) is 46.1. The highest BCUT2D eigenvalue weighted by atomic mass is 32.3. The maximum atomic E-state index is 13.7. The standard InChI is InChI=1S/C30H20N4O21S7/c35-56(36,37)20-12-16-10-14-8-9-15(31-14)11-19-21(18-7-3-5-13-4-1-2-6-17(13)18)26(57(38,39)40)25(34(19)62(53,54)55)28(59(44,45)46)24-30(61(50,51)52)29(60(47,48)49)23(33-24)27(22(20)32-16)58(41,42)43/h1-12,32H,(H,35,36,37)(H,38,39,40)(H,41,42,43)(H,44,45,46)(H,47,48,49)(H,50,51,52)(H,53,54,55). The van der Waals surface area contributed by atoms with Crippen LogP contribution in [0.25, 0.3) is 65.9 Å².